The van der Waals surface area contributed by atoms with Gasteiger partial charge in [-0.25, -0.2) is 4.39 Å². The van der Waals surface area contributed by atoms with Gasteiger partial charge in [-0.2, -0.15) is 0 Å². The van der Waals surface area contributed by atoms with Crippen molar-refractivity contribution in [2.75, 3.05) is 13.1 Å². The van der Waals surface area contributed by atoms with E-state index in [1.165, 1.54) is 45.2 Å². The van der Waals surface area contributed by atoms with Gasteiger partial charge in [0.25, 0.3) is 5.91 Å². The van der Waals surface area contributed by atoms with Gasteiger partial charge in [-0.1, -0.05) is 30.3 Å². The lowest BCUT2D eigenvalue weighted by molar-refractivity contribution is -0.945. The third-order valence-corrected chi connectivity index (χ3v) is 6.19. The van der Waals surface area contributed by atoms with E-state index in [0.717, 1.165) is 19.5 Å². The van der Waals surface area contributed by atoms with Crippen LogP contribution < -0.4 is 10.2 Å². The van der Waals surface area contributed by atoms with Crippen LogP contribution in [0.15, 0.2) is 66.0 Å². The van der Waals surface area contributed by atoms with Crippen molar-refractivity contribution in [3.05, 3.63) is 93.4 Å². The predicted molar refractivity (Wildman–Crippen MR) is 105 cm³/mol. The second-order valence-electron chi connectivity index (χ2n) is 6.89. The molecule has 1 aromatic heterocycles. The minimum absolute atomic E-state index is 0.159. The molecular formula is C22H22FN2OS+. The number of halogens is 1. The molecule has 27 heavy (non-hydrogen) atoms. The van der Waals surface area contributed by atoms with Crippen molar-refractivity contribution >= 4 is 17.2 Å². The van der Waals surface area contributed by atoms with E-state index < -0.39 is 0 Å². The molecule has 3 nitrogen and oxygen atoms in total. The molecule has 2 heterocycles. The highest BCUT2D eigenvalue weighted by atomic mass is 32.1. The van der Waals surface area contributed by atoms with Crippen molar-refractivity contribution in [1.29, 1.82) is 0 Å². The Morgan fingerprint density at radius 3 is 2.59 bits per heavy atom. The molecule has 0 fully saturated rings. The molecule has 1 aliphatic heterocycles. The van der Waals surface area contributed by atoms with Crippen LogP contribution in [0, 0.1) is 5.82 Å². The Labute approximate surface area is 162 Å². The van der Waals surface area contributed by atoms with Gasteiger partial charge in [-0.15, -0.1) is 11.3 Å². The minimum Gasteiger partial charge on any atom is -0.346 e. The van der Waals surface area contributed by atoms with Crippen LogP contribution in [-0.2, 0) is 13.0 Å². The summed E-state index contributed by atoms with van der Waals surface area (Å²) in [5.74, 6) is -0.493. The maximum absolute atomic E-state index is 13.1. The standard InChI is InChI=1S/C22H21FN2OS/c23-19-9-7-17(8-10-19)22(26)24-14-20(21-6-3-13-27-21)25-12-11-16-4-1-2-5-18(16)15-25/h1-10,13,20H,11-12,14-15H2,(H,24,26)/p+1/t20-/m0/s1. The number of quaternary nitrogens is 1. The number of fused-ring (bicyclic) bond motifs is 1. The van der Waals surface area contributed by atoms with Crippen LogP contribution in [0.1, 0.15) is 32.4 Å². The molecular weight excluding hydrogens is 359 g/mol. The van der Waals surface area contributed by atoms with Crippen LogP contribution in [0.3, 0.4) is 0 Å². The molecule has 1 unspecified atom stereocenters. The van der Waals surface area contributed by atoms with Crippen molar-refractivity contribution in [2.45, 2.75) is 19.0 Å². The molecule has 3 aromatic rings. The maximum Gasteiger partial charge on any atom is 0.251 e. The van der Waals surface area contributed by atoms with Crippen molar-refractivity contribution in [1.82, 2.24) is 5.32 Å². The summed E-state index contributed by atoms with van der Waals surface area (Å²) in [5.41, 5.74) is 3.31. The van der Waals surface area contributed by atoms with Crippen LogP contribution >= 0.6 is 11.3 Å². The lowest BCUT2D eigenvalue weighted by atomic mass is 9.98. The summed E-state index contributed by atoms with van der Waals surface area (Å²) in [7, 11) is 0. The molecule has 1 aliphatic rings. The summed E-state index contributed by atoms with van der Waals surface area (Å²) in [5, 5.41) is 5.14. The first-order chi connectivity index (χ1) is 13.2. The van der Waals surface area contributed by atoms with Gasteiger partial charge in [0, 0.05) is 17.5 Å². The van der Waals surface area contributed by atoms with E-state index in [-0.39, 0.29) is 17.8 Å². The van der Waals surface area contributed by atoms with E-state index in [4.69, 9.17) is 0 Å². The Kier molecular flexibility index (Phi) is 5.32. The monoisotopic (exact) mass is 381 g/mol. The Balaban J connectivity index is 1.49. The summed E-state index contributed by atoms with van der Waals surface area (Å²) < 4.78 is 13.1. The van der Waals surface area contributed by atoms with Gasteiger partial charge in [-0.05, 0) is 41.3 Å². The average molecular weight is 381 g/mol. The molecule has 0 radical (unpaired) electrons. The first-order valence-corrected chi connectivity index (χ1v) is 10.1. The first kappa shape index (κ1) is 17.9. The van der Waals surface area contributed by atoms with Crippen molar-refractivity contribution in [3.8, 4) is 0 Å². The zero-order chi connectivity index (χ0) is 18.6. The Morgan fingerprint density at radius 2 is 1.85 bits per heavy atom. The fourth-order valence-electron chi connectivity index (χ4n) is 3.73. The zero-order valence-corrected chi connectivity index (χ0v) is 15.8. The highest BCUT2D eigenvalue weighted by Gasteiger charge is 2.29. The summed E-state index contributed by atoms with van der Waals surface area (Å²) in [6, 6.07) is 18.7. The summed E-state index contributed by atoms with van der Waals surface area (Å²) in [6.45, 7) is 2.57. The van der Waals surface area contributed by atoms with Gasteiger partial charge in [-0.3, -0.25) is 4.79 Å². The van der Waals surface area contributed by atoms with Crippen molar-refractivity contribution in [2.24, 2.45) is 0 Å². The number of hydrogen-bond acceptors (Lipinski definition) is 2. The Morgan fingerprint density at radius 1 is 1.07 bits per heavy atom. The van der Waals surface area contributed by atoms with Gasteiger partial charge in [0.1, 0.15) is 18.4 Å². The first-order valence-electron chi connectivity index (χ1n) is 9.19. The van der Waals surface area contributed by atoms with Gasteiger partial charge in [0.15, 0.2) is 0 Å². The van der Waals surface area contributed by atoms with Crippen LogP contribution in [0.2, 0.25) is 0 Å². The van der Waals surface area contributed by atoms with Crippen LogP contribution in [0.5, 0.6) is 0 Å². The highest BCUT2D eigenvalue weighted by molar-refractivity contribution is 7.10. The van der Waals surface area contributed by atoms with E-state index in [1.807, 2.05) is 0 Å². The SMILES string of the molecule is O=C(NC[C@@H](c1cccs1)[NH+]1CCc2ccccc2C1)c1ccc(F)cc1. The smallest absolute Gasteiger partial charge is 0.251 e. The second kappa shape index (κ2) is 8.03. The Bertz CT molecular complexity index is 908. The van der Waals surface area contributed by atoms with Gasteiger partial charge < -0.3 is 10.2 Å². The molecule has 4 rings (SSSR count). The number of amides is 1. The maximum atomic E-state index is 13.1. The van der Waals surface area contributed by atoms with E-state index >= 15 is 0 Å². The number of carbonyl (C=O) groups is 1. The van der Waals surface area contributed by atoms with Crippen molar-refractivity contribution in [3.63, 3.8) is 0 Å². The topological polar surface area (TPSA) is 33.5 Å². The summed E-state index contributed by atoms with van der Waals surface area (Å²) >= 11 is 1.73. The predicted octanol–water partition coefficient (Wildman–Crippen LogP) is 3.00. The van der Waals surface area contributed by atoms with E-state index in [0.29, 0.717) is 12.1 Å². The molecule has 138 valence electrons. The second-order valence-corrected chi connectivity index (χ2v) is 7.87. The number of hydrogen-bond donors (Lipinski definition) is 2. The van der Waals surface area contributed by atoms with E-state index in [9.17, 15) is 9.18 Å². The van der Waals surface area contributed by atoms with Gasteiger partial charge in [0.2, 0.25) is 0 Å². The molecule has 1 amide bonds. The molecule has 2 aromatic carbocycles. The molecule has 0 spiro atoms. The fraction of sp³-hybridized carbons (Fsp3) is 0.227. The van der Waals surface area contributed by atoms with Crippen LogP contribution in [0.4, 0.5) is 4.39 Å². The number of benzene rings is 2. The van der Waals surface area contributed by atoms with Gasteiger partial charge >= 0.3 is 0 Å². The summed E-state index contributed by atoms with van der Waals surface area (Å²) in [6.07, 6.45) is 1.05. The Hall–Kier alpha value is -2.50. The molecule has 5 heteroatoms. The number of carbonyl (C=O) groups excluding carboxylic acids is 1. The van der Waals surface area contributed by atoms with E-state index in [1.54, 1.807) is 11.3 Å². The minimum atomic E-state index is -0.334. The number of rotatable bonds is 5. The molecule has 0 bridgehead atoms. The zero-order valence-electron chi connectivity index (χ0n) is 15.0. The third kappa shape index (κ3) is 4.10. The average Bonchev–Trinajstić information content (AvgIpc) is 3.23. The lowest BCUT2D eigenvalue weighted by Crippen LogP contribution is -3.12. The third-order valence-electron chi connectivity index (χ3n) is 5.20. The molecule has 0 saturated heterocycles. The molecule has 0 aliphatic carbocycles. The lowest BCUT2D eigenvalue weighted by Gasteiger charge is -2.32. The van der Waals surface area contributed by atoms with Gasteiger partial charge in [0.05, 0.1) is 18.0 Å². The number of nitrogens with one attached hydrogen (secondary N) is 2. The van der Waals surface area contributed by atoms with Crippen LogP contribution in [0.25, 0.3) is 0 Å². The molecule has 2 atom stereocenters. The highest BCUT2D eigenvalue weighted by Crippen LogP contribution is 2.19. The molecule has 0 saturated carbocycles. The van der Waals surface area contributed by atoms with Crippen LogP contribution in [-0.4, -0.2) is 19.0 Å². The largest absolute Gasteiger partial charge is 0.346 e. The summed E-state index contributed by atoms with van der Waals surface area (Å²) in [4.78, 5) is 15.2. The number of thiophene rings is 1. The normalized spacial score (nSPS) is 17.1. The van der Waals surface area contributed by atoms with E-state index in [2.05, 4.69) is 47.1 Å². The molecule has 2 N–H and O–H groups in total. The fourth-order valence-corrected chi connectivity index (χ4v) is 4.62. The van der Waals surface area contributed by atoms with Crippen molar-refractivity contribution < 1.29 is 14.1 Å². The quantitative estimate of drug-likeness (QED) is 0.700.